The van der Waals surface area contributed by atoms with Crippen LogP contribution in [0.15, 0.2) is 0 Å². The van der Waals surface area contributed by atoms with Crippen LogP contribution >= 0.6 is 11.3 Å². The van der Waals surface area contributed by atoms with Crippen molar-refractivity contribution < 1.29 is 14.6 Å². The number of nitrogens with zero attached hydrogens (tertiary/aromatic N) is 1. The summed E-state index contributed by atoms with van der Waals surface area (Å²) >= 11 is 1.55. The fraction of sp³-hybridized carbons (Fsp3) is 0.600. The van der Waals surface area contributed by atoms with Crippen molar-refractivity contribution in [3.63, 3.8) is 0 Å². The number of hydrogen-bond acceptors (Lipinski definition) is 5. The number of aliphatic carboxylic acids is 1. The van der Waals surface area contributed by atoms with Crippen molar-refractivity contribution in [2.75, 3.05) is 25.6 Å². The number of ether oxygens (including phenoxy) is 1. The molecule has 1 aromatic rings. The zero-order chi connectivity index (χ0) is 11.5. The first-order valence-corrected chi connectivity index (χ1v) is 5.99. The number of methoxy groups -OCH3 is 1. The molecule has 5 nitrogen and oxygen atoms in total. The van der Waals surface area contributed by atoms with Gasteiger partial charge in [0.15, 0.2) is 5.13 Å². The average Bonchev–Trinajstić information content (AvgIpc) is 2.76. The molecule has 1 unspecified atom stereocenters. The summed E-state index contributed by atoms with van der Waals surface area (Å²) in [6, 6.07) is 0. The van der Waals surface area contributed by atoms with E-state index in [0.717, 1.165) is 22.1 Å². The lowest BCUT2D eigenvalue weighted by molar-refractivity contribution is -0.138. The van der Waals surface area contributed by atoms with Gasteiger partial charge in [-0.15, -0.1) is 11.3 Å². The number of aryl methyl sites for hydroxylation is 1. The maximum atomic E-state index is 11.0. The number of thiazole rings is 1. The SMILES string of the molecule is COCCNc1nc2c(s1)CCC2C(=O)O. The van der Waals surface area contributed by atoms with Crippen LogP contribution in [0.3, 0.4) is 0 Å². The van der Waals surface area contributed by atoms with E-state index in [1.54, 1.807) is 18.4 Å². The molecule has 0 radical (unpaired) electrons. The first-order valence-electron chi connectivity index (χ1n) is 5.17. The lowest BCUT2D eigenvalue weighted by atomic mass is 10.1. The molecule has 1 aliphatic rings. The summed E-state index contributed by atoms with van der Waals surface area (Å²) in [6.07, 6.45) is 1.51. The highest BCUT2D eigenvalue weighted by Gasteiger charge is 2.32. The minimum Gasteiger partial charge on any atom is -0.481 e. The predicted molar refractivity (Wildman–Crippen MR) is 61.2 cm³/mol. The van der Waals surface area contributed by atoms with Gasteiger partial charge in [0, 0.05) is 18.5 Å². The van der Waals surface area contributed by atoms with E-state index in [0.29, 0.717) is 19.6 Å². The van der Waals surface area contributed by atoms with Crippen molar-refractivity contribution in [2.24, 2.45) is 0 Å². The first-order chi connectivity index (χ1) is 7.72. The Labute approximate surface area is 97.5 Å². The summed E-state index contributed by atoms with van der Waals surface area (Å²) in [5.41, 5.74) is 0.748. The molecule has 0 saturated carbocycles. The third kappa shape index (κ3) is 2.17. The van der Waals surface area contributed by atoms with Crippen molar-refractivity contribution in [3.8, 4) is 0 Å². The van der Waals surface area contributed by atoms with E-state index in [1.165, 1.54) is 0 Å². The van der Waals surface area contributed by atoms with E-state index >= 15 is 0 Å². The van der Waals surface area contributed by atoms with Crippen LogP contribution in [0.25, 0.3) is 0 Å². The van der Waals surface area contributed by atoms with E-state index in [4.69, 9.17) is 9.84 Å². The van der Waals surface area contributed by atoms with Crippen LogP contribution in [0.2, 0.25) is 0 Å². The Morgan fingerprint density at radius 3 is 3.25 bits per heavy atom. The topological polar surface area (TPSA) is 71.5 Å². The standard InChI is InChI=1S/C10H14N2O3S/c1-15-5-4-11-10-12-8-6(9(13)14)2-3-7(8)16-10/h6H,2-5H2,1H3,(H,11,12)(H,13,14). The van der Waals surface area contributed by atoms with E-state index in [1.807, 2.05) is 0 Å². The molecule has 1 heterocycles. The van der Waals surface area contributed by atoms with Crippen molar-refractivity contribution >= 4 is 22.4 Å². The van der Waals surface area contributed by atoms with Gasteiger partial charge in [-0.2, -0.15) is 0 Å². The Bertz CT molecular complexity index is 391. The normalized spacial score (nSPS) is 18.4. The smallest absolute Gasteiger partial charge is 0.312 e. The summed E-state index contributed by atoms with van der Waals surface area (Å²) in [7, 11) is 1.64. The molecule has 1 atom stereocenters. The predicted octanol–water partition coefficient (Wildman–Crippen LogP) is 1.32. The third-order valence-electron chi connectivity index (χ3n) is 2.60. The summed E-state index contributed by atoms with van der Waals surface area (Å²) in [5, 5.41) is 12.9. The molecule has 0 saturated heterocycles. The number of fused-ring (bicyclic) bond motifs is 1. The fourth-order valence-corrected chi connectivity index (χ4v) is 2.87. The molecule has 0 aromatic carbocycles. The van der Waals surface area contributed by atoms with Crippen LogP contribution < -0.4 is 5.32 Å². The van der Waals surface area contributed by atoms with Gasteiger partial charge in [-0.05, 0) is 12.8 Å². The Morgan fingerprint density at radius 2 is 2.56 bits per heavy atom. The van der Waals surface area contributed by atoms with Crippen LogP contribution in [-0.4, -0.2) is 36.3 Å². The second-order valence-corrected chi connectivity index (χ2v) is 4.76. The monoisotopic (exact) mass is 242 g/mol. The van der Waals surface area contributed by atoms with Crippen LogP contribution in [0, 0.1) is 0 Å². The zero-order valence-corrected chi connectivity index (χ0v) is 9.84. The highest BCUT2D eigenvalue weighted by atomic mass is 32.1. The lowest BCUT2D eigenvalue weighted by Crippen LogP contribution is -2.10. The summed E-state index contributed by atoms with van der Waals surface area (Å²) in [6.45, 7) is 1.31. The van der Waals surface area contributed by atoms with Gasteiger partial charge in [-0.3, -0.25) is 4.79 Å². The molecule has 0 fully saturated rings. The number of anilines is 1. The highest BCUT2D eigenvalue weighted by Crippen LogP contribution is 2.38. The molecule has 88 valence electrons. The Hall–Kier alpha value is -1.14. The fourth-order valence-electron chi connectivity index (χ4n) is 1.80. The average molecular weight is 242 g/mol. The second kappa shape index (κ2) is 4.80. The summed E-state index contributed by atoms with van der Waals surface area (Å²) < 4.78 is 4.92. The molecule has 6 heteroatoms. The highest BCUT2D eigenvalue weighted by molar-refractivity contribution is 7.15. The zero-order valence-electron chi connectivity index (χ0n) is 9.02. The number of nitrogens with one attached hydrogen (secondary N) is 1. The van der Waals surface area contributed by atoms with E-state index < -0.39 is 11.9 Å². The minimum atomic E-state index is -0.771. The van der Waals surface area contributed by atoms with Gasteiger partial charge in [0.2, 0.25) is 0 Å². The first kappa shape index (κ1) is 11.3. The van der Waals surface area contributed by atoms with Crippen molar-refractivity contribution in [1.82, 2.24) is 4.98 Å². The summed E-state index contributed by atoms with van der Waals surface area (Å²) in [4.78, 5) is 16.4. The quantitative estimate of drug-likeness (QED) is 0.762. The molecule has 16 heavy (non-hydrogen) atoms. The molecule has 0 aliphatic heterocycles. The maximum absolute atomic E-state index is 11.0. The molecule has 0 bridgehead atoms. The van der Waals surface area contributed by atoms with Crippen molar-refractivity contribution in [2.45, 2.75) is 18.8 Å². The molecule has 2 N–H and O–H groups in total. The third-order valence-corrected chi connectivity index (χ3v) is 3.69. The maximum Gasteiger partial charge on any atom is 0.312 e. The second-order valence-electron chi connectivity index (χ2n) is 3.68. The number of carboxylic acid groups (broad SMARTS) is 1. The van der Waals surface area contributed by atoms with E-state index in [2.05, 4.69) is 10.3 Å². The largest absolute Gasteiger partial charge is 0.481 e. The molecule has 0 amide bonds. The number of carbonyl (C=O) groups is 1. The Morgan fingerprint density at radius 1 is 1.75 bits per heavy atom. The van der Waals surface area contributed by atoms with Crippen LogP contribution in [0.5, 0.6) is 0 Å². The van der Waals surface area contributed by atoms with Gasteiger partial charge in [0.25, 0.3) is 0 Å². The van der Waals surface area contributed by atoms with Gasteiger partial charge in [0.05, 0.1) is 12.3 Å². The Balaban J connectivity index is 2.04. The van der Waals surface area contributed by atoms with Gasteiger partial charge < -0.3 is 15.2 Å². The number of aromatic nitrogens is 1. The number of carboxylic acids is 1. The molecule has 1 aliphatic carbocycles. The molecule has 2 rings (SSSR count). The molecule has 1 aromatic heterocycles. The molecular formula is C10H14N2O3S. The van der Waals surface area contributed by atoms with Crippen molar-refractivity contribution in [3.05, 3.63) is 10.6 Å². The van der Waals surface area contributed by atoms with Gasteiger partial charge in [-0.25, -0.2) is 4.98 Å². The van der Waals surface area contributed by atoms with Crippen molar-refractivity contribution in [1.29, 1.82) is 0 Å². The van der Waals surface area contributed by atoms with E-state index in [-0.39, 0.29) is 0 Å². The minimum absolute atomic E-state index is 0.413. The molecule has 0 spiro atoms. The Kier molecular flexibility index (Phi) is 3.40. The lowest BCUT2D eigenvalue weighted by Gasteiger charge is -2.03. The van der Waals surface area contributed by atoms with Crippen LogP contribution in [-0.2, 0) is 16.0 Å². The van der Waals surface area contributed by atoms with Gasteiger partial charge in [-0.1, -0.05) is 0 Å². The number of hydrogen-bond donors (Lipinski definition) is 2. The number of rotatable bonds is 5. The molecular weight excluding hydrogens is 228 g/mol. The van der Waals surface area contributed by atoms with Gasteiger partial charge in [0.1, 0.15) is 5.92 Å². The van der Waals surface area contributed by atoms with Crippen LogP contribution in [0.1, 0.15) is 22.9 Å². The van der Waals surface area contributed by atoms with Crippen LogP contribution in [0.4, 0.5) is 5.13 Å². The van der Waals surface area contributed by atoms with Gasteiger partial charge >= 0.3 is 5.97 Å². The summed E-state index contributed by atoms with van der Waals surface area (Å²) in [5.74, 6) is -1.18. The van der Waals surface area contributed by atoms with E-state index in [9.17, 15) is 4.79 Å².